The van der Waals surface area contributed by atoms with Crippen molar-refractivity contribution in [3.05, 3.63) is 15.5 Å². The molecule has 1 rings (SSSR count). The average Bonchev–Trinajstić information content (AvgIpc) is 2.59. The predicted molar refractivity (Wildman–Crippen MR) is 70.1 cm³/mol. The van der Waals surface area contributed by atoms with Crippen molar-refractivity contribution in [2.24, 2.45) is 0 Å². The highest BCUT2D eigenvalue weighted by Crippen LogP contribution is 2.18. The molecule has 1 aromatic heterocycles. The van der Waals surface area contributed by atoms with Crippen molar-refractivity contribution < 1.29 is 14.3 Å². The van der Waals surface area contributed by atoms with Crippen molar-refractivity contribution >= 4 is 34.8 Å². The van der Waals surface area contributed by atoms with Crippen molar-refractivity contribution in [2.75, 3.05) is 6.54 Å². The number of ketones is 1. The zero-order valence-electron chi connectivity index (χ0n) is 10.4. The number of amides is 1. The molecule has 1 amide bonds. The Morgan fingerprint density at radius 1 is 1.50 bits per heavy atom. The highest BCUT2D eigenvalue weighted by molar-refractivity contribution is 7.10. The van der Waals surface area contributed by atoms with Crippen LogP contribution in [0.3, 0.4) is 0 Å². The van der Waals surface area contributed by atoms with Crippen LogP contribution >= 0.6 is 22.9 Å². The van der Waals surface area contributed by atoms with Crippen LogP contribution in [0.1, 0.15) is 25.6 Å². The zero-order chi connectivity index (χ0) is 13.8. The molecule has 1 N–H and O–H groups in total. The molecule has 1 aromatic rings. The number of halogens is 1. The molecule has 18 heavy (non-hydrogen) atoms. The molecule has 0 saturated carbocycles. The highest BCUT2D eigenvalue weighted by Gasteiger charge is 2.17. The van der Waals surface area contributed by atoms with Gasteiger partial charge >= 0.3 is 6.09 Å². The second-order valence-corrected chi connectivity index (χ2v) is 5.93. The molecule has 100 valence electrons. The Hall–Kier alpha value is -1.14. The van der Waals surface area contributed by atoms with Crippen LogP contribution in [0.5, 0.6) is 0 Å². The monoisotopic (exact) mass is 290 g/mol. The number of carbonyl (C=O) groups excluding carboxylic acids is 2. The summed E-state index contributed by atoms with van der Waals surface area (Å²) >= 11 is 7.08. The molecule has 0 spiro atoms. The second-order valence-electron chi connectivity index (χ2n) is 4.64. The summed E-state index contributed by atoms with van der Waals surface area (Å²) in [6.45, 7) is 5.19. The summed E-state index contributed by atoms with van der Waals surface area (Å²) in [6, 6.07) is 0. The van der Waals surface area contributed by atoms with Crippen LogP contribution in [-0.4, -0.2) is 29.0 Å². The molecule has 0 fully saturated rings. The van der Waals surface area contributed by atoms with E-state index < -0.39 is 11.7 Å². The molecule has 7 heteroatoms. The zero-order valence-corrected chi connectivity index (χ0v) is 12.0. The van der Waals surface area contributed by atoms with Gasteiger partial charge in [-0.2, -0.15) is 0 Å². The lowest BCUT2D eigenvalue weighted by Crippen LogP contribution is -2.35. The van der Waals surface area contributed by atoms with E-state index in [9.17, 15) is 9.59 Å². The summed E-state index contributed by atoms with van der Waals surface area (Å²) in [5.41, 5.74) is 1.00. The Bertz CT molecular complexity index is 440. The van der Waals surface area contributed by atoms with Gasteiger partial charge in [0.05, 0.1) is 16.9 Å². The summed E-state index contributed by atoms with van der Waals surface area (Å²) in [6.07, 6.45) is -0.439. The van der Waals surface area contributed by atoms with E-state index in [0.717, 1.165) is 0 Å². The normalized spacial score (nSPS) is 11.1. The number of aromatic nitrogens is 1. The molecule has 0 unspecified atom stereocenters. The number of Topliss-reactive ketones (excluding diaryl/α,β-unsaturated/α-hetero) is 1. The van der Waals surface area contributed by atoms with Crippen LogP contribution in [0.4, 0.5) is 4.79 Å². The van der Waals surface area contributed by atoms with Crippen molar-refractivity contribution in [1.29, 1.82) is 0 Å². The highest BCUT2D eigenvalue weighted by atomic mass is 35.5. The molecule has 1 heterocycles. The maximum atomic E-state index is 11.6. The van der Waals surface area contributed by atoms with Gasteiger partial charge in [0.2, 0.25) is 0 Å². The van der Waals surface area contributed by atoms with Crippen molar-refractivity contribution in [2.45, 2.75) is 32.8 Å². The minimum Gasteiger partial charge on any atom is -0.444 e. The van der Waals surface area contributed by atoms with Crippen LogP contribution in [0.25, 0.3) is 0 Å². The van der Waals surface area contributed by atoms with Gasteiger partial charge in [0.1, 0.15) is 10.8 Å². The van der Waals surface area contributed by atoms with Gasteiger partial charge in [0.15, 0.2) is 5.78 Å². The van der Waals surface area contributed by atoms with E-state index >= 15 is 0 Å². The van der Waals surface area contributed by atoms with Gasteiger partial charge in [-0.25, -0.2) is 9.78 Å². The standard InChI is InChI=1S/C11H15ClN2O3S/c1-11(2,3)17-10(16)13-5-7(15)4-8-9(12)14-6-18-8/h6H,4-5H2,1-3H3,(H,13,16). The third kappa shape index (κ3) is 5.46. The smallest absolute Gasteiger partial charge is 0.408 e. The summed E-state index contributed by atoms with van der Waals surface area (Å²) in [4.78, 5) is 27.4. The number of thiazole rings is 1. The van der Waals surface area contributed by atoms with E-state index in [1.807, 2.05) is 0 Å². The largest absolute Gasteiger partial charge is 0.444 e. The van der Waals surface area contributed by atoms with E-state index in [1.165, 1.54) is 11.3 Å². The third-order valence-corrected chi connectivity index (χ3v) is 3.05. The lowest BCUT2D eigenvalue weighted by Gasteiger charge is -2.19. The molecule has 5 nitrogen and oxygen atoms in total. The van der Waals surface area contributed by atoms with E-state index in [2.05, 4.69) is 10.3 Å². The quantitative estimate of drug-likeness (QED) is 0.925. The van der Waals surface area contributed by atoms with Gasteiger partial charge < -0.3 is 10.1 Å². The second kappa shape index (κ2) is 6.15. The van der Waals surface area contributed by atoms with Crippen molar-refractivity contribution in [3.63, 3.8) is 0 Å². The summed E-state index contributed by atoms with van der Waals surface area (Å²) in [5.74, 6) is -0.146. The number of hydrogen-bond acceptors (Lipinski definition) is 5. The molecule has 0 atom stereocenters. The summed E-state index contributed by atoms with van der Waals surface area (Å²) in [5, 5.41) is 2.74. The van der Waals surface area contributed by atoms with E-state index in [-0.39, 0.29) is 18.7 Å². The molecular formula is C11H15ClN2O3S. The molecule has 0 radical (unpaired) electrons. The predicted octanol–water partition coefficient (Wildman–Crippen LogP) is 2.43. The van der Waals surface area contributed by atoms with E-state index in [1.54, 1.807) is 26.3 Å². The topological polar surface area (TPSA) is 68.3 Å². The maximum absolute atomic E-state index is 11.6. The average molecular weight is 291 g/mol. The fourth-order valence-corrected chi connectivity index (χ4v) is 2.08. The van der Waals surface area contributed by atoms with Crippen molar-refractivity contribution in [3.8, 4) is 0 Å². The Balaban J connectivity index is 2.34. The number of hydrogen-bond donors (Lipinski definition) is 1. The number of nitrogens with zero attached hydrogens (tertiary/aromatic N) is 1. The van der Waals surface area contributed by atoms with Gasteiger partial charge in [0.25, 0.3) is 0 Å². The fourth-order valence-electron chi connectivity index (χ4n) is 1.10. The lowest BCUT2D eigenvalue weighted by atomic mass is 10.2. The number of rotatable bonds is 4. The summed E-state index contributed by atoms with van der Waals surface area (Å²) < 4.78 is 5.01. The first-order valence-corrected chi connectivity index (χ1v) is 6.60. The molecule has 0 aliphatic rings. The first-order valence-electron chi connectivity index (χ1n) is 5.34. The van der Waals surface area contributed by atoms with Crippen LogP contribution in [0.15, 0.2) is 5.51 Å². The first-order chi connectivity index (χ1) is 8.28. The molecule has 0 saturated heterocycles. The molecule has 0 aliphatic carbocycles. The van der Waals surface area contributed by atoms with Crippen LogP contribution in [-0.2, 0) is 16.0 Å². The molecule has 0 bridgehead atoms. The van der Waals surface area contributed by atoms with E-state index in [4.69, 9.17) is 16.3 Å². The minimum absolute atomic E-state index is 0.0802. The Kier molecular flexibility index (Phi) is 5.10. The number of ether oxygens (including phenoxy) is 1. The first kappa shape index (κ1) is 14.9. The minimum atomic E-state index is -0.605. The van der Waals surface area contributed by atoms with Crippen LogP contribution in [0.2, 0.25) is 5.15 Å². The molecule has 0 aliphatic heterocycles. The number of nitrogens with one attached hydrogen (secondary N) is 1. The van der Waals surface area contributed by atoms with Crippen molar-refractivity contribution in [1.82, 2.24) is 10.3 Å². The number of carbonyl (C=O) groups is 2. The third-order valence-electron chi connectivity index (χ3n) is 1.78. The Labute approximate surface area is 115 Å². The summed E-state index contributed by atoms with van der Waals surface area (Å²) in [7, 11) is 0. The van der Waals surface area contributed by atoms with Gasteiger partial charge in [-0.3, -0.25) is 4.79 Å². The van der Waals surface area contributed by atoms with Gasteiger partial charge in [0, 0.05) is 6.42 Å². The molecular weight excluding hydrogens is 276 g/mol. The maximum Gasteiger partial charge on any atom is 0.408 e. The Morgan fingerprint density at radius 3 is 2.67 bits per heavy atom. The Morgan fingerprint density at radius 2 is 2.17 bits per heavy atom. The fraction of sp³-hybridized carbons (Fsp3) is 0.545. The van der Waals surface area contributed by atoms with Crippen LogP contribution < -0.4 is 5.32 Å². The van der Waals surface area contributed by atoms with Gasteiger partial charge in [-0.05, 0) is 20.8 Å². The molecule has 0 aromatic carbocycles. The van der Waals surface area contributed by atoms with Gasteiger partial charge in [-0.15, -0.1) is 11.3 Å². The lowest BCUT2D eigenvalue weighted by molar-refractivity contribution is -0.117. The van der Waals surface area contributed by atoms with E-state index in [0.29, 0.717) is 10.0 Å². The van der Waals surface area contributed by atoms with Crippen LogP contribution in [0, 0.1) is 0 Å². The SMILES string of the molecule is CC(C)(C)OC(=O)NCC(=O)Cc1scnc1Cl. The van der Waals surface area contributed by atoms with Gasteiger partial charge in [-0.1, -0.05) is 11.6 Å². The number of alkyl carbamates (subject to hydrolysis) is 1.